The number of nitrogens with one attached hydrogen (secondary N) is 2. The molecule has 2 atom stereocenters. The number of amides is 2. The molecule has 2 N–H and O–H groups in total. The van der Waals surface area contributed by atoms with Gasteiger partial charge in [-0.1, -0.05) is 25.1 Å². The molecule has 9 heteroatoms. The number of esters is 1. The van der Waals surface area contributed by atoms with Crippen molar-refractivity contribution >= 4 is 41.7 Å². The summed E-state index contributed by atoms with van der Waals surface area (Å²) in [5.74, 6) is -0.265. The highest BCUT2D eigenvalue weighted by atomic mass is 32.1. The Morgan fingerprint density at radius 2 is 1.80 bits per heavy atom. The molecule has 2 unspecified atom stereocenters. The van der Waals surface area contributed by atoms with Gasteiger partial charge in [-0.05, 0) is 122 Å². The summed E-state index contributed by atoms with van der Waals surface area (Å²) in [6, 6.07) is 10.9. The summed E-state index contributed by atoms with van der Waals surface area (Å²) in [4.78, 5) is 43.3. The Kier molecular flexibility index (Phi) is 12.5. The Labute approximate surface area is 274 Å². The number of thiol groups is 1. The van der Waals surface area contributed by atoms with Crippen molar-refractivity contribution in [3.63, 3.8) is 0 Å². The molecule has 7 nitrogen and oxygen atoms in total. The number of carbonyl (C=O) groups excluding carboxylic acids is 3. The molecule has 2 amide bonds. The number of ether oxygens (including phenoxy) is 1. The van der Waals surface area contributed by atoms with E-state index >= 15 is 0 Å². The first kappa shape index (κ1) is 36.1. The summed E-state index contributed by atoms with van der Waals surface area (Å²) in [5.41, 5.74) is -0.282. The van der Waals surface area contributed by atoms with Gasteiger partial charge in [-0.25, -0.2) is 0 Å². The molecule has 1 aromatic heterocycles. The van der Waals surface area contributed by atoms with Gasteiger partial charge in [0, 0.05) is 29.5 Å². The summed E-state index contributed by atoms with van der Waals surface area (Å²) < 4.78 is 6.10. The van der Waals surface area contributed by atoms with Gasteiger partial charge in [0.1, 0.15) is 5.75 Å². The van der Waals surface area contributed by atoms with E-state index in [4.69, 9.17) is 4.74 Å². The van der Waals surface area contributed by atoms with Crippen LogP contribution in [0.15, 0.2) is 35.7 Å². The minimum Gasteiger partial charge on any atom is -0.426 e. The first-order valence-electron chi connectivity index (χ1n) is 16.0. The second kappa shape index (κ2) is 15.3. The second-order valence-corrected chi connectivity index (χ2v) is 15.5. The van der Waals surface area contributed by atoms with Crippen LogP contribution in [-0.4, -0.2) is 59.1 Å². The van der Waals surface area contributed by atoms with Gasteiger partial charge in [0.25, 0.3) is 0 Å². The average Bonchev–Trinajstić information content (AvgIpc) is 3.47. The van der Waals surface area contributed by atoms with Gasteiger partial charge in [-0.2, -0.15) is 12.6 Å². The average molecular weight is 644 g/mol. The van der Waals surface area contributed by atoms with Crippen LogP contribution >= 0.6 is 24.0 Å². The van der Waals surface area contributed by atoms with E-state index in [1.807, 2.05) is 58.1 Å². The molecule has 1 aromatic carbocycles. The lowest BCUT2D eigenvalue weighted by Crippen LogP contribution is -2.55. The Bertz CT molecular complexity index is 1270. The number of thiophene rings is 1. The number of benzene rings is 1. The number of hydrogen-bond donors (Lipinski definition) is 3. The van der Waals surface area contributed by atoms with E-state index < -0.39 is 21.6 Å². The van der Waals surface area contributed by atoms with Crippen LogP contribution in [0.4, 0.5) is 0 Å². The zero-order chi connectivity index (χ0) is 32.7. The summed E-state index contributed by atoms with van der Waals surface area (Å²) in [6.45, 7) is 17.6. The molecular formula is C35H53N3O4S2. The van der Waals surface area contributed by atoms with Gasteiger partial charge in [-0.15, -0.1) is 11.3 Å². The van der Waals surface area contributed by atoms with E-state index in [0.717, 1.165) is 50.8 Å². The van der Waals surface area contributed by atoms with Gasteiger partial charge >= 0.3 is 5.97 Å². The summed E-state index contributed by atoms with van der Waals surface area (Å²) in [6.07, 6.45) is 5.41. The maximum Gasteiger partial charge on any atom is 0.316 e. The van der Waals surface area contributed by atoms with Crippen LogP contribution in [0, 0.1) is 10.8 Å². The van der Waals surface area contributed by atoms with Crippen LogP contribution in [0.3, 0.4) is 0 Å². The molecule has 0 fully saturated rings. The SMILES string of the molecule is CCCN(CCc1cccs1)C1CCc2c(cccc2OC(=O)C(C)(C)CC(C)(C)NC(=O)C(C)(C)C(S)C(=O)NCC)C1. The fraction of sp³-hybridized carbons (Fsp3) is 0.629. The maximum absolute atomic E-state index is 13.6. The first-order valence-corrected chi connectivity index (χ1v) is 17.4. The second-order valence-electron chi connectivity index (χ2n) is 14.0. The Balaban J connectivity index is 1.65. The molecule has 1 aliphatic carbocycles. The van der Waals surface area contributed by atoms with Crippen molar-refractivity contribution in [2.45, 2.75) is 111 Å². The molecular weight excluding hydrogens is 591 g/mol. The lowest BCUT2D eigenvalue weighted by Gasteiger charge is -2.38. The topological polar surface area (TPSA) is 87.7 Å². The Hall–Kier alpha value is -2.36. The third kappa shape index (κ3) is 9.33. The van der Waals surface area contributed by atoms with E-state index in [1.165, 1.54) is 10.4 Å². The number of carbonyl (C=O) groups is 3. The van der Waals surface area contributed by atoms with Crippen molar-refractivity contribution in [2.24, 2.45) is 10.8 Å². The van der Waals surface area contributed by atoms with E-state index in [9.17, 15) is 14.4 Å². The molecule has 2 aromatic rings. The molecule has 1 heterocycles. The minimum absolute atomic E-state index is 0.285. The van der Waals surface area contributed by atoms with E-state index in [2.05, 4.69) is 58.7 Å². The third-order valence-electron chi connectivity index (χ3n) is 8.63. The predicted molar refractivity (Wildman–Crippen MR) is 184 cm³/mol. The molecule has 1 aliphatic rings. The maximum atomic E-state index is 13.6. The molecule has 3 rings (SSSR count). The minimum atomic E-state index is -1.05. The van der Waals surface area contributed by atoms with Crippen LogP contribution in [0.2, 0.25) is 0 Å². The van der Waals surface area contributed by atoms with Crippen molar-refractivity contribution in [1.82, 2.24) is 15.5 Å². The summed E-state index contributed by atoms with van der Waals surface area (Å²) in [7, 11) is 0. The number of nitrogens with zero attached hydrogens (tertiary/aromatic N) is 1. The highest BCUT2D eigenvalue weighted by molar-refractivity contribution is 7.81. The lowest BCUT2D eigenvalue weighted by atomic mass is 9.78. The zero-order valence-electron chi connectivity index (χ0n) is 27.9. The molecule has 0 spiro atoms. The van der Waals surface area contributed by atoms with E-state index in [0.29, 0.717) is 24.8 Å². The van der Waals surface area contributed by atoms with Crippen LogP contribution in [0.1, 0.15) is 90.7 Å². The smallest absolute Gasteiger partial charge is 0.316 e. The molecule has 0 saturated carbocycles. The molecule has 244 valence electrons. The molecule has 44 heavy (non-hydrogen) atoms. The van der Waals surface area contributed by atoms with E-state index in [-0.39, 0.29) is 17.8 Å². The molecule has 0 bridgehead atoms. The summed E-state index contributed by atoms with van der Waals surface area (Å²) in [5, 5.41) is 7.13. The number of hydrogen-bond acceptors (Lipinski definition) is 7. The largest absolute Gasteiger partial charge is 0.426 e. The molecule has 0 radical (unpaired) electrons. The Morgan fingerprint density at radius 3 is 2.43 bits per heavy atom. The number of rotatable bonds is 15. The van der Waals surface area contributed by atoms with Crippen molar-refractivity contribution in [3.8, 4) is 5.75 Å². The number of fused-ring (bicyclic) bond motifs is 1. The standard InChI is InChI=1S/C35H53N3O4S2/c1-9-19-38(20-18-26-14-12-21-44-26)25-16-17-27-24(22-25)13-11-15-28(27)42-32(41)33(3,4)23-34(5,6)37-31(40)35(7,8)29(43)30(39)36-10-2/h11-15,21,25,29,43H,9-10,16-20,22-23H2,1-8H3,(H,36,39)(H,37,40). The lowest BCUT2D eigenvalue weighted by molar-refractivity contribution is -0.146. The van der Waals surface area contributed by atoms with Crippen LogP contribution in [0.5, 0.6) is 5.75 Å². The van der Waals surface area contributed by atoms with Crippen LogP contribution in [0.25, 0.3) is 0 Å². The molecule has 0 aliphatic heterocycles. The fourth-order valence-corrected chi connectivity index (χ4v) is 7.19. The van der Waals surface area contributed by atoms with Crippen molar-refractivity contribution in [1.29, 1.82) is 0 Å². The first-order chi connectivity index (χ1) is 20.6. The van der Waals surface area contributed by atoms with Crippen molar-refractivity contribution in [3.05, 3.63) is 51.7 Å². The van der Waals surface area contributed by atoms with Crippen LogP contribution < -0.4 is 15.4 Å². The van der Waals surface area contributed by atoms with Gasteiger partial charge in [0.05, 0.1) is 16.1 Å². The monoisotopic (exact) mass is 643 g/mol. The predicted octanol–water partition coefficient (Wildman–Crippen LogP) is 6.24. The molecule has 0 saturated heterocycles. The summed E-state index contributed by atoms with van der Waals surface area (Å²) >= 11 is 6.27. The normalized spacial score (nSPS) is 16.3. The van der Waals surface area contributed by atoms with Crippen molar-refractivity contribution < 1.29 is 19.1 Å². The zero-order valence-corrected chi connectivity index (χ0v) is 29.6. The van der Waals surface area contributed by atoms with Crippen LogP contribution in [-0.2, 0) is 33.6 Å². The highest BCUT2D eigenvalue weighted by Crippen LogP contribution is 2.36. The van der Waals surface area contributed by atoms with Gasteiger partial charge in [-0.3, -0.25) is 19.3 Å². The Morgan fingerprint density at radius 1 is 1.07 bits per heavy atom. The fourth-order valence-electron chi connectivity index (χ4n) is 6.28. The van der Waals surface area contributed by atoms with Crippen molar-refractivity contribution in [2.75, 3.05) is 19.6 Å². The third-order valence-corrected chi connectivity index (χ3v) is 10.4. The van der Waals surface area contributed by atoms with Gasteiger partial charge < -0.3 is 15.4 Å². The van der Waals surface area contributed by atoms with Gasteiger partial charge in [0.15, 0.2) is 0 Å². The van der Waals surface area contributed by atoms with Gasteiger partial charge in [0.2, 0.25) is 11.8 Å². The quantitative estimate of drug-likeness (QED) is 0.122. The highest BCUT2D eigenvalue weighted by Gasteiger charge is 2.43. The van der Waals surface area contributed by atoms with E-state index in [1.54, 1.807) is 13.8 Å².